The summed E-state index contributed by atoms with van der Waals surface area (Å²) in [5, 5.41) is 6.39. The van der Waals surface area contributed by atoms with Gasteiger partial charge in [-0.25, -0.2) is 8.42 Å². The topological polar surface area (TPSA) is 66.1 Å². The van der Waals surface area contributed by atoms with Crippen molar-refractivity contribution in [1.82, 2.24) is 14.5 Å². The molecule has 0 spiro atoms. The van der Waals surface area contributed by atoms with E-state index in [9.17, 15) is 8.42 Å². The van der Waals surface area contributed by atoms with Crippen molar-refractivity contribution in [1.29, 1.82) is 0 Å². The molecule has 0 radical (unpaired) electrons. The standard InChI is InChI=1S/C10H19N3O2S/c1-6-10(3,4)13(5)16(14,15)9-7-11-12-8(9)2/h7H,6H2,1-5H3,(H,11,12). The third-order valence-corrected chi connectivity index (χ3v) is 5.32. The molecule has 6 heteroatoms. The van der Waals surface area contributed by atoms with Gasteiger partial charge in [-0.05, 0) is 27.2 Å². The Labute approximate surface area is 96.9 Å². The van der Waals surface area contributed by atoms with Crippen LogP contribution in [-0.4, -0.2) is 35.5 Å². The van der Waals surface area contributed by atoms with Gasteiger partial charge in [-0.15, -0.1) is 0 Å². The van der Waals surface area contributed by atoms with Crippen molar-refractivity contribution in [3.8, 4) is 0 Å². The van der Waals surface area contributed by atoms with E-state index in [0.29, 0.717) is 5.69 Å². The van der Waals surface area contributed by atoms with Crippen molar-refractivity contribution in [2.75, 3.05) is 7.05 Å². The molecule has 0 amide bonds. The van der Waals surface area contributed by atoms with E-state index in [-0.39, 0.29) is 4.90 Å². The Balaban J connectivity index is 3.19. The van der Waals surface area contributed by atoms with Gasteiger partial charge in [0.25, 0.3) is 0 Å². The number of rotatable bonds is 4. The van der Waals surface area contributed by atoms with Crippen molar-refractivity contribution < 1.29 is 8.42 Å². The number of hydrogen-bond donors (Lipinski definition) is 1. The molecule has 0 bridgehead atoms. The monoisotopic (exact) mass is 245 g/mol. The molecule has 0 fully saturated rings. The SMILES string of the molecule is CCC(C)(C)N(C)S(=O)(=O)c1cn[nH]c1C. The highest BCUT2D eigenvalue weighted by atomic mass is 32.2. The van der Waals surface area contributed by atoms with Crippen molar-refractivity contribution in [2.24, 2.45) is 0 Å². The van der Waals surface area contributed by atoms with Crippen LogP contribution in [0, 0.1) is 6.92 Å². The van der Waals surface area contributed by atoms with Crippen LogP contribution < -0.4 is 0 Å². The Bertz CT molecular complexity index is 462. The molecule has 1 aromatic rings. The van der Waals surface area contributed by atoms with E-state index < -0.39 is 15.6 Å². The molecule has 0 unspecified atom stereocenters. The first-order valence-electron chi connectivity index (χ1n) is 5.22. The molecule has 0 saturated carbocycles. The number of hydrogen-bond acceptors (Lipinski definition) is 3. The Hall–Kier alpha value is -0.880. The summed E-state index contributed by atoms with van der Waals surface area (Å²) < 4.78 is 26.0. The van der Waals surface area contributed by atoms with Crippen LogP contribution in [0.3, 0.4) is 0 Å². The Morgan fingerprint density at radius 3 is 2.44 bits per heavy atom. The van der Waals surface area contributed by atoms with Crippen LogP contribution in [0.5, 0.6) is 0 Å². The molecule has 5 nitrogen and oxygen atoms in total. The van der Waals surface area contributed by atoms with Crippen LogP contribution in [0.25, 0.3) is 0 Å². The summed E-state index contributed by atoms with van der Waals surface area (Å²) in [4.78, 5) is 0.247. The summed E-state index contributed by atoms with van der Waals surface area (Å²) in [6.07, 6.45) is 2.10. The average molecular weight is 245 g/mol. The van der Waals surface area contributed by atoms with Gasteiger partial charge in [0.05, 0.1) is 11.9 Å². The van der Waals surface area contributed by atoms with Crippen molar-refractivity contribution >= 4 is 10.0 Å². The fourth-order valence-corrected chi connectivity index (χ4v) is 2.99. The maximum Gasteiger partial charge on any atom is 0.246 e. The summed E-state index contributed by atoms with van der Waals surface area (Å²) in [6, 6.07) is 0. The van der Waals surface area contributed by atoms with Gasteiger partial charge in [0, 0.05) is 12.6 Å². The van der Waals surface area contributed by atoms with Gasteiger partial charge >= 0.3 is 0 Å². The lowest BCUT2D eigenvalue weighted by atomic mass is 10.0. The van der Waals surface area contributed by atoms with E-state index in [2.05, 4.69) is 10.2 Å². The minimum atomic E-state index is -3.46. The van der Waals surface area contributed by atoms with E-state index in [4.69, 9.17) is 0 Å². The molecule has 16 heavy (non-hydrogen) atoms. The molecule has 0 aliphatic rings. The highest BCUT2D eigenvalue weighted by Crippen LogP contribution is 2.25. The minimum absolute atomic E-state index is 0.247. The van der Waals surface area contributed by atoms with Crippen LogP contribution >= 0.6 is 0 Å². The highest BCUT2D eigenvalue weighted by molar-refractivity contribution is 7.89. The van der Waals surface area contributed by atoms with Crippen LogP contribution in [0.4, 0.5) is 0 Å². The van der Waals surface area contributed by atoms with Gasteiger partial charge in [0.1, 0.15) is 4.90 Å². The first-order valence-corrected chi connectivity index (χ1v) is 6.66. The molecular weight excluding hydrogens is 226 g/mol. The summed E-state index contributed by atoms with van der Waals surface area (Å²) in [7, 11) is -1.85. The first kappa shape index (κ1) is 13.2. The average Bonchev–Trinajstić information content (AvgIpc) is 2.63. The molecule has 1 heterocycles. The lowest BCUT2D eigenvalue weighted by Crippen LogP contribution is -2.44. The van der Waals surface area contributed by atoms with Crippen molar-refractivity contribution in [3.63, 3.8) is 0 Å². The number of sulfonamides is 1. The molecule has 1 rings (SSSR count). The summed E-state index contributed by atoms with van der Waals surface area (Å²) in [5.74, 6) is 0. The summed E-state index contributed by atoms with van der Waals surface area (Å²) >= 11 is 0. The zero-order chi connectivity index (χ0) is 12.6. The van der Waals surface area contributed by atoms with E-state index in [0.717, 1.165) is 6.42 Å². The van der Waals surface area contributed by atoms with Gasteiger partial charge in [0.15, 0.2) is 0 Å². The van der Waals surface area contributed by atoms with Crippen molar-refractivity contribution in [2.45, 2.75) is 44.6 Å². The van der Waals surface area contributed by atoms with Gasteiger partial charge in [-0.2, -0.15) is 9.40 Å². The molecule has 0 saturated heterocycles. The largest absolute Gasteiger partial charge is 0.281 e. The quantitative estimate of drug-likeness (QED) is 0.874. The first-order chi connectivity index (χ1) is 7.23. The maximum absolute atomic E-state index is 12.3. The second kappa shape index (κ2) is 4.18. The Kier molecular flexibility index (Phi) is 3.44. The third kappa shape index (κ3) is 2.12. The zero-order valence-corrected chi connectivity index (χ0v) is 11.2. The van der Waals surface area contributed by atoms with Gasteiger partial charge in [-0.3, -0.25) is 5.10 Å². The van der Waals surface area contributed by atoms with E-state index in [1.165, 1.54) is 10.5 Å². The minimum Gasteiger partial charge on any atom is -0.281 e. The number of aryl methyl sites for hydroxylation is 1. The summed E-state index contributed by atoms with van der Waals surface area (Å²) in [6.45, 7) is 7.47. The second-order valence-electron chi connectivity index (χ2n) is 4.50. The smallest absolute Gasteiger partial charge is 0.246 e. The van der Waals surface area contributed by atoms with Crippen molar-refractivity contribution in [3.05, 3.63) is 11.9 Å². The number of nitrogens with one attached hydrogen (secondary N) is 1. The van der Waals surface area contributed by atoms with Crippen LogP contribution in [0.15, 0.2) is 11.1 Å². The predicted octanol–water partition coefficient (Wildman–Crippen LogP) is 1.53. The van der Waals surface area contributed by atoms with Crippen LogP contribution in [-0.2, 0) is 10.0 Å². The fourth-order valence-electron chi connectivity index (χ4n) is 1.30. The van der Waals surface area contributed by atoms with E-state index in [1.54, 1.807) is 14.0 Å². The van der Waals surface area contributed by atoms with E-state index >= 15 is 0 Å². The van der Waals surface area contributed by atoms with Gasteiger partial charge in [-0.1, -0.05) is 6.92 Å². The normalized spacial score (nSPS) is 13.4. The molecule has 1 aromatic heterocycles. The molecular formula is C10H19N3O2S. The number of aromatic amines is 1. The maximum atomic E-state index is 12.3. The number of aromatic nitrogens is 2. The molecule has 92 valence electrons. The molecule has 0 aliphatic carbocycles. The van der Waals surface area contributed by atoms with Gasteiger partial charge in [0.2, 0.25) is 10.0 Å². The second-order valence-corrected chi connectivity index (χ2v) is 6.44. The van der Waals surface area contributed by atoms with Crippen LogP contribution in [0.1, 0.15) is 32.9 Å². The Morgan fingerprint density at radius 1 is 1.50 bits per heavy atom. The zero-order valence-electron chi connectivity index (χ0n) is 10.4. The number of H-pyrrole nitrogens is 1. The number of nitrogens with zero attached hydrogens (tertiary/aromatic N) is 2. The molecule has 0 aromatic carbocycles. The highest BCUT2D eigenvalue weighted by Gasteiger charge is 2.34. The fraction of sp³-hybridized carbons (Fsp3) is 0.700. The third-order valence-electron chi connectivity index (χ3n) is 3.14. The lowest BCUT2D eigenvalue weighted by Gasteiger charge is -2.33. The van der Waals surface area contributed by atoms with Gasteiger partial charge < -0.3 is 0 Å². The summed E-state index contributed by atoms with van der Waals surface area (Å²) in [5.41, 5.74) is 0.168. The molecule has 0 aliphatic heterocycles. The molecule has 1 N–H and O–H groups in total. The predicted molar refractivity (Wildman–Crippen MR) is 62.6 cm³/mol. The molecule has 0 atom stereocenters. The Morgan fingerprint density at radius 2 is 2.06 bits per heavy atom. The van der Waals surface area contributed by atoms with E-state index in [1.807, 2.05) is 20.8 Å². The van der Waals surface area contributed by atoms with Crippen LogP contribution in [0.2, 0.25) is 0 Å². The lowest BCUT2D eigenvalue weighted by molar-refractivity contribution is 0.257.